The second kappa shape index (κ2) is 6.28. The normalized spacial score (nSPS) is 22.6. The highest BCUT2D eigenvalue weighted by Gasteiger charge is 2.28. The number of aromatic nitrogens is 3. The van der Waals surface area contributed by atoms with Gasteiger partial charge in [0.2, 0.25) is 5.13 Å². The molecule has 2 aromatic rings. The van der Waals surface area contributed by atoms with Crippen molar-refractivity contribution >= 4 is 16.7 Å². The molecule has 106 valence electrons. The van der Waals surface area contributed by atoms with Crippen molar-refractivity contribution in [1.82, 2.24) is 14.3 Å². The predicted octanol–water partition coefficient (Wildman–Crippen LogP) is 2.83. The number of anilines is 1. The van der Waals surface area contributed by atoms with Crippen LogP contribution >= 0.6 is 11.5 Å². The molecule has 6 heteroatoms. The largest absolute Gasteiger partial charge is 0.371 e. The molecule has 1 aliphatic heterocycles. The Kier molecular flexibility index (Phi) is 4.22. The van der Waals surface area contributed by atoms with Gasteiger partial charge in [-0.3, -0.25) is 4.98 Å². The lowest BCUT2D eigenvalue weighted by Crippen LogP contribution is -2.33. The quantitative estimate of drug-likeness (QED) is 0.938. The SMILES string of the molecule is CCc1nsc(N[C@H]2CCCO[C@@H]2c2ccncc2)n1. The van der Waals surface area contributed by atoms with Gasteiger partial charge in [-0.1, -0.05) is 6.92 Å². The minimum Gasteiger partial charge on any atom is -0.371 e. The number of ether oxygens (including phenoxy) is 1. The van der Waals surface area contributed by atoms with Crippen molar-refractivity contribution in [3.8, 4) is 0 Å². The zero-order valence-electron chi connectivity index (χ0n) is 11.5. The molecule has 1 aliphatic rings. The van der Waals surface area contributed by atoms with E-state index in [1.807, 2.05) is 24.5 Å². The Hall–Kier alpha value is -1.53. The number of hydrogen-bond acceptors (Lipinski definition) is 6. The van der Waals surface area contributed by atoms with Crippen LogP contribution in [0.4, 0.5) is 5.13 Å². The molecular formula is C14H18N4OS. The molecule has 1 saturated heterocycles. The van der Waals surface area contributed by atoms with Crippen LogP contribution in [0, 0.1) is 0 Å². The van der Waals surface area contributed by atoms with E-state index in [9.17, 15) is 0 Å². The molecule has 0 unspecified atom stereocenters. The van der Waals surface area contributed by atoms with Crippen LogP contribution in [0.2, 0.25) is 0 Å². The summed E-state index contributed by atoms with van der Waals surface area (Å²) in [5, 5.41) is 4.37. The fourth-order valence-electron chi connectivity index (χ4n) is 2.43. The molecule has 20 heavy (non-hydrogen) atoms. The monoisotopic (exact) mass is 290 g/mol. The zero-order valence-corrected chi connectivity index (χ0v) is 12.3. The van der Waals surface area contributed by atoms with Crippen molar-refractivity contribution in [3.63, 3.8) is 0 Å². The summed E-state index contributed by atoms with van der Waals surface area (Å²) >= 11 is 1.42. The number of aryl methyl sites for hydroxylation is 1. The van der Waals surface area contributed by atoms with Gasteiger partial charge in [0.05, 0.1) is 6.04 Å². The lowest BCUT2D eigenvalue weighted by atomic mass is 9.97. The first kappa shape index (κ1) is 13.5. The predicted molar refractivity (Wildman–Crippen MR) is 78.9 cm³/mol. The first-order valence-corrected chi connectivity index (χ1v) is 7.75. The van der Waals surface area contributed by atoms with Gasteiger partial charge in [-0.25, -0.2) is 4.98 Å². The van der Waals surface area contributed by atoms with Gasteiger partial charge in [-0.2, -0.15) is 4.37 Å². The van der Waals surface area contributed by atoms with Crippen molar-refractivity contribution in [3.05, 3.63) is 35.9 Å². The third kappa shape index (κ3) is 2.96. The molecular weight excluding hydrogens is 272 g/mol. The molecule has 3 rings (SSSR count). The molecule has 0 amide bonds. The molecule has 0 aliphatic carbocycles. The Bertz CT molecular complexity index is 545. The van der Waals surface area contributed by atoms with Gasteiger partial charge in [0.25, 0.3) is 0 Å². The van der Waals surface area contributed by atoms with Crippen LogP contribution in [-0.4, -0.2) is 27.0 Å². The summed E-state index contributed by atoms with van der Waals surface area (Å²) in [6.45, 7) is 2.87. The van der Waals surface area contributed by atoms with E-state index in [0.29, 0.717) is 0 Å². The van der Waals surface area contributed by atoms with Crippen molar-refractivity contribution in [2.45, 2.75) is 38.3 Å². The van der Waals surface area contributed by atoms with E-state index in [1.54, 1.807) is 0 Å². The maximum absolute atomic E-state index is 5.95. The summed E-state index contributed by atoms with van der Waals surface area (Å²) in [5.74, 6) is 0.898. The lowest BCUT2D eigenvalue weighted by molar-refractivity contribution is 0.00560. The Morgan fingerprint density at radius 1 is 1.40 bits per heavy atom. The molecule has 2 aromatic heterocycles. The molecule has 0 spiro atoms. The number of hydrogen-bond donors (Lipinski definition) is 1. The van der Waals surface area contributed by atoms with Crippen LogP contribution in [0.1, 0.15) is 37.3 Å². The third-order valence-electron chi connectivity index (χ3n) is 3.45. The average molecular weight is 290 g/mol. The Morgan fingerprint density at radius 2 is 2.25 bits per heavy atom. The second-order valence-corrected chi connectivity index (χ2v) is 5.59. The van der Waals surface area contributed by atoms with E-state index in [1.165, 1.54) is 11.5 Å². The fourth-order valence-corrected chi connectivity index (χ4v) is 3.14. The number of nitrogens with one attached hydrogen (secondary N) is 1. The standard InChI is InChI=1S/C14H18N4OS/c1-2-12-17-14(20-18-12)16-11-4-3-9-19-13(11)10-5-7-15-8-6-10/h5-8,11,13H,2-4,9H2,1H3,(H,16,17,18)/t11-,13+/m0/s1. The minimum absolute atomic E-state index is 0.0562. The van der Waals surface area contributed by atoms with Crippen molar-refractivity contribution in [2.24, 2.45) is 0 Å². The summed E-state index contributed by atoms with van der Waals surface area (Å²) < 4.78 is 10.3. The summed E-state index contributed by atoms with van der Waals surface area (Å²) in [5.41, 5.74) is 1.16. The molecule has 1 fully saturated rings. The van der Waals surface area contributed by atoms with Crippen LogP contribution in [0.5, 0.6) is 0 Å². The highest BCUT2D eigenvalue weighted by molar-refractivity contribution is 7.09. The fraction of sp³-hybridized carbons (Fsp3) is 0.500. The van der Waals surface area contributed by atoms with Crippen LogP contribution < -0.4 is 5.32 Å². The first-order chi connectivity index (χ1) is 9.86. The maximum Gasteiger partial charge on any atom is 0.202 e. The van der Waals surface area contributed by atoms with Crippen molar-refractivity contribution in [2.75, 3.05) is 11.9 Å². The molecule has 0 aromatic carbocycles. The molecule has 0 bridgehead atoms. The van der Waals surface area contributed by atoms with Gasteiger partial charge in [-0.05, 0) is 30.5 Å². The minimum atomic E-state index is 0.0562. The van der Waals surface area contributed by atoms with Gasteiger partial charge in [0.15, 0.2) is 0 Å². The van der Waals surface area contributed by atoms with Gasteiger partial charge in [-0.15, -0.1) is 0 Å². The molecule has 5 nitrogen and oxygen atoms in total. The van der Waals surface area contributed by atoms with Crippen LogP contribution in [0.25, 0.3) is 0 Å². The Morgan fingerprint density at radius 3 is 3.00 bits per heavy atom. The topological polar surface area (TPSA) is 59.9 Å². The first-order valence-electron chi connectivity index (χ1n) is 6.97. The van der Waals surface area contributed by atoms with Crippen molar-refractivity contribution in [1.29, 1.82) is 0 Å². The molecule has 1 N–H and O–H groups in total. The summed E-state index contributed by atoms with van der Waals surface area (Å²) in [6.07, 6.45) is 6.69. The number of pyridine rings is 1. The van der Waals surface area contributed by atoms with E-state index in [2.05, 4.69) is 26.6 Å². The summed E-state index contributed by atoms with van der Waals surface area (Å²) in [6, 6.07) is 4.27. The smallest absolute Gasteiger partial charge is 0.202 e. The molecule has 3 heterocycles. The molecule has 0 saturated carbocycles. The van der Waals surface area contributed by atoms with Gasteiger partial charge in [0.1, 0.15) is 11.9 Å². The van der Waals surface area contributed by atoms with E-state index >= 15 is 0 Å². The summed E-state index contributed by atoms with van der Waals surface area (Å²) in [7, 11) is 0. The van der Waals surface area contributed by atoms with E-state index in [4.69, 9.17) is 4.74 Å². The Labute approximate surface area is 122 Å². The second-order valence-electron chi connectivity index (χ2n) is 4.83. The third-order valence-corrected chi connectivity index (χ3v) is 4.13. The zero-order chi connectivity index (χ0) is 13.8. The van der Waals surface area contributed by atoms with Crippen LogP contribution in [0.3, 0.4) is 0 Å². The van der Waals surface area contributed by atoms with Crippen LogP contribution in [0.15, 0.2) is 24.5 Å². The van der Waals surface area contributed by atoms with E-state index in [-0.39, 0.29) is 12.1 Å². The number of rotatable bonds is 4. The lowest BCUT2D eigenvalue weighted by Gasteiger charge is -2.32. The van der Waals surface area contributed by atoms with Crippen molar-refractivity contribution < 1.29 is 4.74 Å². The average Bonchev–Trinajstić information content (AvgIpc) is 2.96. The Balaban J connectivity index is 1.75. The highest BCUT2D eigenvalue weighted by Crippen LogP contribution is 2.30. The van der Waals surface area contributed by atoms with E-state index < -0.39 is 0 Å². The number of nitrogens with zero attached hydrogens (tertiary/aromatic N) is 3. The molecule has 2 atom stereocenters. The van der Waals surface area contributed by atoms with E-state index in [0.717, 1.165) is 42.4 Å². The summed E-state index contributed by atoms with van der Waals surface area (Å²) in [4.78, 5) is 8.55. The van der Waals surface area contributed by atoms with Crippen LogP contribution in [-0.2, 0) is 11.2 Å². The molecule has 0 radical (unpaired) electrons. The van der Waals surface area contributed by atoms with Gasteiger partial charge in [0, 0.05) is 37.0 Å². The maximum atomic E-state index is 5.95. The van der Waals surface area contributed by atoms with Gasteiger partial charge < -0.3 is 10.1 Å². The van der Waals surface area contributed by atoms with Gasteiger partial charge >= 0.3 is 0 Å². The highest BCUT2D eigenvalue weighted by atomic mass is 32.1.